The summed E-state index contributed by atoms with van der Waals surface area (Å²) in [5, 5.41) is 5.62. The highest BCUT2D eigenvalue weighted by Gasteiger charge is 2.15. The summed E-state index contributed by atoms with van der Waals surface area (Å²) in [5.41, 5.74) is 1.51. The van der Waals surface area contributed by atoms with Gasteiger partial charge in [-0.25, -0.2) is 14.6 Å². The molecule has 7 heteroatoms. The molecular weight excluding hydrogens is 334 g/mol. The molecule has 0 aliphatic carbocycles. The van der Waals surface area contributed by atoms with Crippen molar-refractivity contribution in [1.82, 2.24) is 24.7 Å². The molecule has 2 aromatic carbocycles. The van der Waals surface area contributed by atoms with E-state index in [1.54, 1.807) is 17.1 Å². The molecule has 0 fully saturated rings. The molecule has 0 spiro atoms. The molecule has 1 N–H and O–H groups in total. The highest BCUT2D eigenvalue weighted by Crippen LogP contribution is 2.30. The fourth-order valence-corrected chi connectivity index (χ4v) is 3.30. The van der Waals surface area contributed by atoms with E-state index < -0.39 is 0 Å². The van der Waals surface area contributed by atoms with E-state index in [0.717, 1.165) is 5.69 Å². The molecular formula is C18H15N5OS. The third-order valence-corrected chi connectivity index (χ3v) is 4.76. The van der Waals surface area contributed by atoms with Gasteiger partial charge in [0, 0.05) is 0 Å². The average Bonchev–Trinajstić information content (AvgIpc) is 3.11. The Morgan fingerprint density at radius 3 is 2.68 bits per heavy atom. The molecule has 1 unspecified atom stereocenters. The Hall–Kier alpha value is -2.93. The number of aromatic nitrogens is 5. The number of nitrogens with one attached hydrogen (secondary N) is 1. The van der Waals surface area contributed by atoms with Crippen molar-refractivity contribution in [3.8, 4) is 5.69 Å². The van der Waals surface area contributed by atoms with Crippen LogP contribution in [0.5, 0.6) is 0 Å². The Kier molecular flexibility index (Phi) is 4.07. The predicted molar refractivity (Wildman–Crippen MR) is 98.0 cm³/mol. The van der Waals surface area contributed by atoms with Crippen LogP contribution in [-0.2, 0) is 0 Å². The molecule has 1 atom stereocenters. The minimum Gasteiger partial charge on any atom is -0.309 e. The van der Waals surface area contributed by atoms with Crippen LogP contribution in [0.4, 0.5) is 0 Å². The van der Waals surface area contributed by atoms with Gasteiger partial charge in [-0.1, -0.05) is 42.1 Å². The van der Waals surface area contributed by atoms with Crippen LogP contribution in [0.15, 0.2) is 70.9 Å². The number of nitrogens with zero attached hydrogens (tertiary/aromatic N) is 4. The second kappa shape index (κ2) is 6.52. The first-order chi connectivity index (χ1) is 12.2. The van der Waals surface area contributed by atoms with Gasteiger partial charge >= 0.3 is 0 Å². The summed E-state index contributed by atoms with van der Waals surface area (Å²) >= 11 is 1.45. The quantitative estimate of drug-likeness (QED) is 0.572. The second-order valence-corrected chi connectivity index (χ2v) is 6.84. The SMILES string of the molecule is CC(Sc1ncn(-c2ccccc2)n1)c1nc2ccccc2c(=O)[nH]1. The number of benzene rings is 2. The first kappa shape index (κ1) is 15.6. The average molecular weight is 349 g/mol. The van der Waals surface area contributed by atoms with Crippen molar-refractivity contribution >= 4 is 22.7 Å². The smallest absolute Gasteiger partial charge is 0.258 e. The van der Waals surface area contributed by atoms with Gasteiger partial charge in [-0.15, -0.1) is 5.10 Å². The zero-order chi connectivity index (χ0) is 17.2. The fourth-order valence-electron chi connectivity index (χ4n) is 2.52. The van der Waals surface area contributed by atoms with Crippen LogP contribution < -0.4 is 5.56 Å². The van der Waals surface area contributed by atoms with Crippen LogP contribution in [0.2, 0.25) is 0 Å². The standard InChI is InChI=1S/C18H15N5OS/c1-12(16-20-15-10-6-5-9-14(15)17(24)21-16)25-18-19-11-23(22-18)13-7-3-2-4-8-13/h2-12H,1H3,(H,20,21,24). The Morgan fingerprint density at radius 1 is 1.08 bits per heavy atom. The zero-order valence-corrected chi connectivity index (χ0v) is 14.3. The van der Waals surface area contributed by atoms with Crippen LogP contribution in [0.25, 0.3) is 16.6 Å². The second-order valence-electron chi connectivity index (χ2n) is 5.54. The number of aromatic amines is 1. The Balaban J connectivity index is 1.59. The summed E-state index contributed by atoms with van der Waals surface area (Å²) in [4.78, 5) is 24.0. The van der Waals surface area contributed by atoms with Gasteiger partial charge in [-0.3, -0.25) is 4.79 Å². The van der Waals surface area contributed by atoms with Gasteiger partial charge in [0.25, 0.3) is 5.56 Å². The summed E-state index contributed by atoms with van der Waals surface area (Å²) in [6.45, 7) is 1.97. The lowest BCUT2D eigenvalue weighted by Gasteiger charge is -2.08. The number of H-pyrrole nitrogens is 1. The molecule has 2 heterocycles. The monoisotopic (exact) mass is 349 g/mol. The van der Waals surface area contributed by atoms with Crippen molar-refractivity contribution in [1.29, 1.82) is 0 Å². The van der Waals surface area contributed by atoms with Crippen molar-refractivity contribution < 1.29 is 0 Å². The van der Waals surface area contributed by atoms with E-state index in [1.165, 1.54) is 11.8 Å². The third kappa shape index (κ3) is 3.18. The molecule has 0 amide bonds. The summed E-state index contributed by atoms with van der Waals surface area (Å²) in [6.07, 6.45) is 1.68. The van der Waals surface area contributed by atoms with Crippen LogP contribution in [0.1, 0.15) is 18.0 Å². The van der Waals surface area contributed by atoms with E-state index in [-0.39, 0.29) is 10.8 Å². The molecule has 2 aromatic heterocycles. The largest absolute Gasteiger partial charge is 0.309 e. The molecule has 0 saturated heterocycles. The number of rotatable bonds is 4. The maximum Gasteiger partial charge on any atom is 0.258 e. The van der Waals surface area contributed by atoms with Crippen LogP contribution >= 0.6 is 11.8 Å². The molecule has 4 aromatic rings. The van der Waals surface area contributed by atoms with Gasteiger partial charge in [0.1, 0.15) is 12.2 Å². The van der Waals surface area contributed by atoms with Crippen molar-refractivity contribution in [3.63, 3.8) is 0 Å². The van der Waals surface area contributed by atoms with E-state index in [9.17, 15) is 4.79 Å². The van der Waals surface area contributed by atoms with Crippen molar-refractivity contribution in [2.75, 3.05) is 0 Å². The molecule has 0 saturated carbocycles. The summed E-state index contributed by atoms with van der Waals surface area (Å²) < 4.78 is 1.73. The fraction of sp³-hybridized carbons (Fsp3) is 0.111. The lowest BCUT2D eigenvalue weighted by molar-refractivity contribution is 0.829. The maximum atomic E-state index is 12.2. The molecule has 124 valence electrons. The van der Waals surface area contributed by atoms with Crippen molar-refractivity contribution in [2.45, 2.75) is 17.3 Å². The van der Waals surface area contributed by atoms with Crippen molar-refractivity contribution in [2.24, 2.45) is 0 Å². The molecule has 4 rings (SSSR count). The van der Waals surface area contributed by atoms with E-state index in [4.69, 9.17) is 0 Å². The molecule has 0 aliphatic rings. The lowest BCUT2D eigenvalue weighted by Crippen LogP contribution is -2.12. The van der Waals surface area contributed by atoms with Gasteiger partial charge in [0.05, 0.1) is 21.8 Å². The summed E-state index contributed by atoms with van der Waals surface area (Å²) in [6, 6.07) is 17.1. The van der Waals surface area contributed by atoms with Gasteiger partial charge in [0.15, 0.2) is 0 Å². The summed E-state index contributed by atoms with van der Waals surface area (Å²) in [5.74, 6) is 0.616. The zero-order valence-electron chi connectivity index (χ0n) is 13.5. The predicted octanol–water partition coefficient (Wildman–Crippen LogP) is 3.36. The normalized spacial score (nSPS) is 12.4. The maximum absolute atomic E-state index is 12.2. The van der Waals surface area contributed by atoms with E-state index in [1.807, 2.05) is 55.5 Å². The van der Waals surface area contributed by atoms with Crippen LogP contribution in [0.3, 0.4) is 0 Å². The van der Waals surface area contributed by atoms with E-state index in [0.29, 0.717) is 21.9 Å². The molecule has 0 aliphatic heterocycles. The molecule has 25 heavy (non-hydrogen) atoms. The van der Waals surface area contributed by atoms with Gasteiger partial charge in [-0.05, 0) is 31.2 Å². The number of thioether (sulfide) groups is 1. The first-order valence-electron chi connectivity index (χ1n) is 7.83. The van der Waals surface area contributed by atoms with Crippen molar-refractivity contribution in [3.05, 3.63) is 77.1 Å². The molecule has 0 radical (unpaired) electrons. The molecule has 0 bridgehead atoms. The minimum atomic E-state index is -0.129. The van der Waals surface area contributed by atoms with E-state index >= 15 is 0 Å². The summed E-state index contributed by atoms with van der Waals surface area (Å²) in [7, 11) is 0. The lowest BCUT2D eigenvalue weighted by atomic mass is 10.2. The molecule has 6 nitrogen and oxygen atoms in total. The van der Waals surface area contributed by atoms with Crippen LogP contribution in [0, 0.1) is 0 Å². The van der Waals surface area contributed by atoms with E-state index in [2.05, 4.69) is 20.1 Å². The highest BCUT2D eigenvalue weighted by atomic mass is 32.2. The van der Waals surface area contributed by atoms with Gasteiger partial charge in [-0.2, -0.15) is 0 Å². The minimum absolute atomic E-state index is 0.0797. The number of hydrogen-bond acceptors (Lipinski definition) is 5. The Labute approximate surface area is 148 Å². The topological polar surface area (TPSA) is 76.5 Å². The number of hydrogen-bond donors (Lipinski definition) is 1. The number of fused-ring (bicyclic) bond motifs is 1. The van der Waals surface area contributed by atoms with Gasteiger partial charge in [0.2, 0.25) is 5.16 Å². The Morgan fingerprint density at radius 2 is 1.84 bits per heavy atom. The van der Waals surface area contributed by atoms with Gasteiger partial charge < -0.3 is 4.98 Å². The Bertz CT molecular complexity index is 1070. The first-order valence-corrected chi connectivity index (χ1v) is 8.71. The highest BCUT2D eigenvalue weighted by molar-refractivity contribution is 7.99. The van der Waals surface area contributed by atoms with Crippen LogP contribution in [-0.4, -0.2) is 24.7 Å². The number of para-hydroxylation sites is 2. The third-order valence-electron chi connectivity index (χ3n) is 3.79.